The van der Waals surface area contributed by atoms with E-state index < -0.39 is 0 Å². The van der Waals surface area contributed by atoms with Crippen LogP contribution in [0, 0.1) is 17.3 Å². The minimum Gasteiger partial charge on any atom is -0.461 e. The summed E-state index contributed by atoms with van der Waals surface area (Å²) in [6, 6.07) is 7.26. The third kappa shape index (κ3) is 3.66. The van der Waals surface area contributed by atoms with Crippen LogP contribution in [0.2, 0.25) is 5.02 Å². The van der Waals surface area contributed by atoms with Crippen molar-refractivity contribution < 1.29 is 14.6 Å². The number of rotatable bonds is 5. The van der Waals surface area contributed by atoms with Gasteiger partial charge in [0.15, 0.2) is 0 Å². The zero-order valence-electron chi connectivity index (χ0n) is 12.6. The van der Waals surface area contributed by atoms with Gasteiger partial charge in [0.1, 0.15) is 6.61 Å². The highest BCUT2D eigenvalue weighted by Crippen LogP contribution is 2.59. The lowest BCUT2D eigenvalue weighted by Crippen LogP contribution is -2.10. The van der Waals surface area contributed by atoms with Crippen LogP contribution in [0.15, 0.2) is 35.9 Å². The molecule has 0 spiro atoms. The van der Waals surface area contributed by atoms with Gasteiger partial charge >= 0.3 is 5.97 Å². The lowest BCUT2D eigenvalue weighted by atomic mass is 10.1. The van der Waals surface area contributed by atoms with E-state index in [1.165, 1.54) is 0 Å². The highest BCUT2D eigenvalue weighted by atomic mass is 35.5. The second kappa shape index (κ2) is 6.20. The fourth-order valence-electron chi connectivity index (χ4n) is 2.62. The van der Waals surface area contributed by atoms with Gasteiger partial charge in [-0.2, -0.15) is 0 Å². The molecule has 1 saturated carbocycles. The molecule has 1 aliphatic rings. The lowest BCUT2D eigenvalue weighted by Gasteiger charge is -2.06. The summed E-state index contributed by atoms with van der Waals surface area (Å²) in [4.78, 5) is 12.2. The Morgan fingerprint density at radius 1 is 1.38 bits per heavy atom. The van der Waals surface area contributed by atoms with Crippen molar-refractivity contribution in [2.75, 3.05) is 6.61 Å². The quantitative estimate of drug-likeness (QED) is 0.668. The Bertz CT molecular complexity index is 546. The molecule has 2 rings (SSSR count). The van der Waals surface area contributed by atoms with Gasteiger partial charge in [0, 0.05) is 5.02 Å². The van der Waals surface area contributed by atoms with E-state index in [2.05, 4.69) is 0 Å². The SMILES string of the molecule is C/C(=C\C1C(C(=O)OCc2ccc(Cl)cc2)C1(C)C)CO. The van der Waals surface area contributed by atoms with Crippen LogP contribution in [0.4, 0.5) is 0 Å². The molecule has 21 heavy (non-hydrogen) atoms. The van der Waals surface area contributed by atoms with Gasteiger partial charge in [-0.15, -0.1) is 0 Å². The first kappa shape index (κ1) is 16.1. The maximum atomic E-state index is 12.2. The highest BCUT2D eigenvalue weighted by Gasteiger charge is 2.61. The van der Waals surface area contributed by atoms with Crippen molar-refractivity contribution in [1.82, 2.24) is 0 Å². The van der Waals surface area contributed by atoms with Gasteiger partial charge in [0.05, 0.1) is 12.5 Å². The number of esters is 1. The van der Waals surface area contributed by atoms with Crippen LogP contribution >= 0.6 is 11.6 Å². The molecule has 4 heteroatoms. The van der Waals surface area contributed by atoms with E-state index in [9.17, 15) is 4.79 Å². The van der Waals surface area contributed by atoms with E-state index in [4.69, 9.17) is 21.4 Å². The summed E-state index contributed by atoms with van der Waals surface area (Å²) < 4.78 is 5.40. The van der Waals surface area contributed by atoms with Crippen LogP contribution in [0.25, 0.3) is 0 Å². The molecule has 0 aromatic heterocycles. The normalized spacial score (nSPS) is 23.8. The average Bonchev–Trinajstić information content (AvgIpc) is 2.98. The van der Waals surface area contributed by atoms with Crippen molar-refractivity contribution in [2.24, 2.45) is 17.3 Å². The second-order valence-electron chi connectivity index (χ2n) is 6.23. The van der Waals surface area contributed by atoms with E-state index in [1.54, 1.807) is 12.1 Å². The van der Waals surface area contributed by atoms with Crippen molar-refractivity contribution in [1.29, 1.82) is 0 Å². The number of hydrogen-bond acceptors (Lipinski definition) is 3. The minimum absolute atomic E-state index is 0.0269. The summed E-state index contributed by atoms with van der Waals surface area (Å²) in [6.45, 7) is 6.25. The van der Waals surface area contributed by atoms with Gasteiger partial charge in [-0.05, 0) is 36.0 Å². The molecule has 1 aliphatic carbocycles. The number of hydrogen-bond donors (Lipinski definition) is 1. The molecule has 0 bridgehead atoms. The van der Waals surface area contributed by atoms with Crippen molar-refractivity contribution in [3.05, 3.63) is 46.5 Å². The smallest absolute Gasteiger partial charge is 0.310 e. The molecule has 0 heterocycles. The molecule has 1 aromatic carbocycles. The first-order chi connectivity index (χ1) is 9.86. The zero-order valence-corrected chi connectivity index (χ0v) is 13.4. The van der Waals surface area contributed by atoms with Crippen molar-refractivity contribution in [2.45, 2.75) is 27.4 Å². The predicted molar refractivity (Wildman–Crippen MR) is 82.9 cm³/mol. The number of halogens is 1. The Balaban J connectivity index is 1.93. The van der Waals surface area contributed by atoms with Crippen LogP contribution in [-0.2, 0) is 16.1 Å². The summed E-state index contributed by atoms with van der Waals surface area (Å²) >= 11 is 5.82. The van der Waals surface area contributed by atoms with Gasteiger partial charge < -0.3 is 9.84 Å². The molecule has 1 N–H and O–H groups in total. The maximum absolute atomic E-state index is 12.2. The molecule has 114 valence electrons. The van der Waals surface area contributed by atoms with Crippen LogP contribution in [0.1, 0.15) is 26.3 Å². The Morgan fingerprint density at radius 2 is 2.00 bits per heavy atom. The molecule has 2 atom stereocenters. The van der Waals surface area contributed by atoms with E-state index in [1.807, 2.05) is 39.0 Å². The number of carbonyl (C=O) groups excluding carboxylic acids is 1. The number of ether oxygens (including phenoxy) is 1. The number of benzene rings is 1. The summed E-state index contributed by atoms with van der Waals surface area (Å²) in [5, 5.41) is 9.75. The molecule has 1 aromatic rings. The molecule has 0 amide bonds. The molecule has 2 unspecified atom stereocenters. The summed E-state index contributed by atoms with van der Waals surface area (Å²) in [5.41, 5.74) is 1.71. The zero-order chi connectivity index (χ0) is 15.6. The van der Waals surface area contributed by atoms with Crippen LogP contribution < -0.4 is 0 Å². The van der Waals surface area contributed by atoms with E-state index in [0.29, 0.717) is 5.02 Å². The number of allylic oxidation sites excluding steroid dienone is 1. The first-order valence-corrected chi connectivity index (χ1v) is 7.43. The topological polar surface area (TPSA) is 46.5 Å². The van der Waals surface area contributed by atoms with Crippen LogP contribution in [-0.4, -0.2) is 17.7 Å². The van der Waals surface area contributed by atoms with Crippen molar-refractivity contribution >= 4 is 17.6 Å². The molecular weight excluding hydrogens is 288 g/mol. The Labute approximate surface area is 130 Å². The highest BCUT2D eigenvalue weighted by molar-refractivity contribution is 6.30. The molecule has 0 saturated heterocycles. The minimum atomic E-state index is -0.179. The first-order valence-electron chi connectivity index (χ1n) is 7.05. The molecule has 1 fully saturated rings. The third-order valence-electron chi connectivity index (χ3n) is 4.17. The summed E-state index contributed by atoms with van der Waals surface area (Å²) in [7, 11) is 0. The second-order valence-corrected chi connectivity index (χ2v) is 6.67. The van der Waals surface area contributed by atoms with Gasteiger partial charge in [0.25, 0.3) is 0 Å². The van der Waals surface area contributed by atoms with Crippen molar-refractivity contribution in [3.8, 4) is 0 Å². The molecule has 3 nitrogen and oxygen atoms in total. The van der Waals surface area contributed by atoms with Crippen LogP contribution in [0.5, 0.6) is 0 Å². The van der Waals surface area contributed by atoms with Gasteiger partial charge in [0.2, 0.25) is 0 Å². The van der Waals surface area contributed by atoms with E-state index in [-0.39, 0.29) is 36.4 Å². The standard InChI is InChI=1S/C17H21ClO3/c1-11(9-19)8-14-15(17(14,2)3)16(20)21-10-12-4-6-13(18)7-5-12/h4-8,14-15,19H,9-10H2,1-3H3/b11-8+. The predicted octanol–water partition coefficient (Wildman–Crippen LogP) is 3.59. The van der Waals surface area contributed by atoms with Gasteiger partial charge in [-0.1, -0.05) is 49.2 Å². The Morgan fingerprint density at radius 3 is 2.57 bits per heavy atom. The van der Waals surface area contributed by atoms with Crippen LogP contribution in [0.3, 0.4) is 0 Å². The van der Waals surface area contributed by atoms with E-state index >= 15 is 0 Å². The fourth-order valence-corrected chi connectivity index (χ4v) is 2.75. The van der Waals surface area contributed by atoms with E-state index in [0.717, 1.165) is 11.1 Å². The largest absolute Gasteiger partial charge is 0.461 e. The summed E-state index contributed by atoms with van der Waals surface area (Å²) in [5.74, 6) is -0.171. The van der Waals surface area contributed by atoms with Gasteiger partial charge in [-0.25, -0.2) is 0 Å². The monoisotopic (exact) mass is 308 g/mol. The number of carbonyl (C=O) groups is 1. The average molecular weight is 309 g/mol. The Hall–Kier alpha value is -1.32. The molecule has 0 radical (unpaired) electrons. The summed E-state index contributed by atoms with van der Waals surface area (Å²) in [6.07, 6.45) is 1.98. The fraction of sp³-hybridized carbons (Fsp3) is 0.471. The maximum Gasteiger partial charge on any atom is 0.310 e. The molecule has 0 aliphatic heterocycles. The Kier molecular flexibility index (Phi) is 4.74. The van der Waals surface area contributed by atoms with Crippen molar-refractivity contribution in [3.63, 3.8) is 0 Å². The number of aliphatic hydroxyl groups is 1. The molecular formula is C17H21ClO3. The number of aliphatic hydroxyl groups excluding tert-OH is 1. The third-order valence-corrected chi connectivity index (χ3v) is 4.42. The lowest BCUT2D eigenvalue weighted by molar-refractivity contribution is -0.147. The van der Waals surface area contributed by atoms with Gasteiger partial charge in [-0.3, -0.25) is 4.79 Å².